The van der Waals surface area contributed by atoms with Gasteiger partial charge >= 0.3 is 0 Å². The molecule has 80 valence electrons. The van der Waals surface area contributed by atoms with Crippen LogP contribution in [0.2, 0.25) is 0 Å². The minimum absolute atomic E-state index is 0.731. The Morgan fingerprint density at radius 2 is 2.27 bits per heavy atom. The highest BCUT2D eigenvalue weighted by atomic mass is 16.5. The molecule has 1 N–H and O–H groups in total. The summed E-state index contributed by atoms with van der Waals surface area (Å²) >= 11 is 0. The second-order valence-electron chi connectivity index (χ2n) is 3.65. The smallest absolute Gasteiger partial charge is 0.109 e. The number of fused-ring (bicyclic) bond motifs is 1. The van der Waals surface area contributed by atoms with Gasteiger partial charge in [0.05, 0.1) is 17.6 Å². The topological polar surface area (TPSA) is 37.9 Å². The fraction of sp³-hybridized carbons (Fsp3) is 0.417. The van der Waals surface area contributed by atoms with Gasteiger partial charge in [-0.15, -0.1) is 0 Å². The normalized spacial score (nSPS) is 11.1. The Hall–Kier alpha value is -1.35. The molecule has 3 heteroatoms. The zero-order valence-corrected chi connectivity index (χ0v) is 9.21. The monoisotopic (exact) mass is 204 g/mol. The lowest BCUT2D eigenvalue weighted by molar-refractivity contribution is 0.149. The number of ether oxygens (including phenoxy) is 1. The Kier molecular flexibility index (Phi) is 3.02. The van der Waals surface area contributed by atoms with E-state index in [1.165, 1.54) is 5.56 Å². The van der Waals surface area contributed by atoms with Crippen molar-refractivity contribution in [3.63, 3.8) is 0 Å². The van der Waals surface area contributed by atoms with Gasteiger partial charge in [0, 0.05) is 13.0 Å². The summed E-state index contributed by atoms with van der Waals surface area (Å²) in [7, 11) is 0. The van der Waals surface area contributed by atoms with E-state index in [4.69, 9.17) is 4.74 Å². The molecule has 3 nitrogen and oxygen atoms in total. The number of hydrogen-bond donors (Lipinski definition) is 1. The van der Waals surface area contributed by atoms with E-state index in [-0.39, 0.29) is 0 Å². The van der Waals surface area contributed by atoms with Crippen molar-refractivity contribution in [2.75, 3.05) is 13.2 Å². The van der Waals surface area contributed by atoms with Crippen molar-refractivity contribution in [3.8, 4) is 0 Å². The first kappa shape index (κ1) is 10.2. The predicted octanol–water partition coefficient (Wildman–Crippen LogP) is 2.45. The molecular weight excluding hydrogens is 188 g/mol. The number of aromatic nitrogens is 2. The van der Waals surface area contributed by atoms with E-state index in [0.717, 1.165) is 36.5 Å². The summed E-state index contributed by atoms with van der Waals surface area (Å²) in [6.07, 6.45) is 0.849. The molecule has 15 heavy (non-hydrogen) atoms. The van der Waals surface area contributed by atoms with Gasteiger partial charge in [0.25, 0.3) is 0 Å². The van der Waals surface area contributed by atoms with E-state index in [1.807, 2.05) is 13.0 Å². The molecule has 0 radical (unpaired) electrons. The van der Waals surface area contributed by atoms with Gasteiger partial charge < -0.3 is 9.72 Å². The van der Waals surface area contributed by atoms with Crippen LogP contribution in [0.5, 0.6) is 0 Å². The molecular formula is C12H16N2O. The van der Waals surface area contributed by atoms with E-state index < -0.39 is 0 Å². The SMILES string of the molecule is CCOCCc1nc2ccc(C)cc2[nH]1. The third kappa shape index (κ3) is 2.36. The Bertz CT molecular complexity index is 448. The lowest BCUT2D eigenvalue weighted by Crippen LogP contribution is -1.99. The molecule has 0 aliphatic rings. The summed E-state index contributed by atoms with van der Waals surface area (Å²) in [6, 6.07) is 6.24. The zero-order valence-electron chi connectivity index (χ0n) is 9.21. The quantitative estimate of drug-likeness (QED) is 0.777. The van der Waals surface area contributed by atoms with Crippen LogP contribution < -0.4 is 0 Å². The average molecular weight is 204 g/mol. The Morgan fingerprint density at radius 3 is 3.07 bits per heavy atom. The molecule has 0 saturated carbocycles. The standard InChI is InChI=1S/C12H16N2O/c1-3-15-7-6-12-13-10-5-4-9(2)8-11(10)14-12/h4-5,8H,3,6-7H2,1-2H3,(H,13,14). The van der Waals surface area contributed by atoms with E-state index in [1.54, 1.807) is 0 Å². The van der Waals surface area contributed by atoms with Gasteiger partial charge in [0.2, 0.25) is 0 Å². The average Bonchev–Trinajstić information content (AvgIpc) is 2.60. The summed E-state index contributed by atoms with van der Waals surface area (Å²) in [5.74, 6) is 1.00. The van der Waals surface area contributed by atoms with Crippen LogP contribution in [0.15, 0.2) is 18.2 Å². The number of imidazole rings is 1. The zero-order chi connectivity index (χ0) is 10.7. The number of aromatic amines is 1. The van der Waals surface area contributed by atoms with Gasteiger partial charge in [0.15, 0.2) is 0 Å². The molecule has 0 amide bonds. The molecule has 1 heterocycles. The Labute approximate surface area is 89.5 Å². The van der Waals surface area contributed by atoms with Crippen LogP contribution in [-0.4, -0.2) is 23.2 Å². The van der Waals surface area contributed by atoms with Crippen LogP contribution >= 0.6 is 0 Å². The van der Waals surface area contributed by atoms with Gasteiger partial charge in [-0.3, -0.25) is 0 Å². The number of benzene rings is 1. The van der Waals surface area contributed by atoms with Crippen molar-refractivity contribution < 1.29 is 4.74 Å². The number of rotatable bonds is 4. The third-order valence-corrected chi connectivity index (χ3v) is 2.37. The maximum atomic E-state index is 5.30. The molecule has 2 rings (SSSR count). The van der Waals surface area contributed by atoms with Crippen molar-refractivity contribution in [1.82, 2.24) is 9.97 Å². The van der Waals surface area contributed by atoms with Crippen LogP contribution in [0.1, 0.15) is 18.3 Å². The largest absolute Gasteiger partial charge is 0.381 e. The van der Waals surface area contributed by atoms with Gasteiger partial charge in [-0.1, -0.05) is 6.07 Å². The van der Waals surface area contributed by atoms with Gasteiger partial charge in [-0.2, -0.15) is 0 Å². The van der Waals surface area contributed by atoms with Crippen LogP contribution in [0.25, 0.3) is 11.0 Å². The molecule has 1 aromatic carbocycles. The Balaban J connectivity index is 2.16. The van der Waals surface area contributed by atoms with E-state index in [2.05, 4.69) is 29.0 Å². The number of aryl methyl sites for hydroxylation is 1. The van der Waals surface area contributed by atoms with E-state index >= 15 is 0 Å². The van der Waals surface area contributed by atoms with Crippen molar-refractivity contribution >= 4 is 11.0 Å². The molecule has 0 spiro atoms. The molecule has 0 atom stereocenters. The lowest BCUT2D eigenvalue weighted by atomic mass is 10.2. The second-order valence-corrected chi connectivity index (χ2v) is 3.65. The molecule has 0 fully saturated rings. The van der Waals surface area contributed by atoms with E-state index in [0.29, 0.717) is 0 Å². The summed E-state index contributed by atoms with van der Waals surface area (Å²) in [5, 5.41) is 0. The predicted molar refractivity (Wildman–Crippen MR) is 61.0 cm³/mol. The summed E-state index contributed by atoms with van der Waals surface area (Å²) < 4.78 is 5.30. The summed E-state index contributed by atoms with van der Waals surface area (Å²) in [5.41, 5.74) is 3.40. The van der Waals surface area contributed by atoms with Crippen molar-refractivity contribution in [1.29, 1.82) is 0 Å². The molecule has 2 aromatic rings. The molecule has 1 aromatic heterocycles. The first-order valence-electron chi connectivity index (χ1n) is 5.32. The highest BCUT2D eigenvalue weighted by Crippen LogP contribution is 2.13. The van der Waals surface area contributed by atoms with Crippen LogP contribution in [0, 0.1) is 6.92 Å². The van der Waals surface area contributed by atoms with Crippen molar-refractivity contribution in [3.05, 3.63) is 29.6 Å². The second kappa shape index (κ2) is 4.45. The van der Waals surface area contributed by atoms with Crippen LogP contribution in [0.4, 0.5) is 0 Å². The summed E-state index contributed by atoms with van der Waals surface area (Å²) in [6.45, 7) is 5.58. The third-order valence-electron chi connectivity index (χ3n) is 2.37. The number of nitrogens with zero attached hydrogens (tertiary/aromatic N) is 1. The van der Waals surface area contributed by atoms with Crippen LogP contribution in [-0.2, 0) is 11.2 Å². The highest BCUT2D eigenvalue weighted by Gasteiger charge is 2.02. The fourth-order valence-electron chi connectivity index (χ4n) is 1.61. The number of hydrogen-bond acceptors (Lipinski definition) is 2. The fourth-order valence-corrected chi connectivity index (χ4v) is 1.61. The van der Waals surface area contributed by atoms with E-state index in [9.17, 15) is 0 Å². The molecule has 0 aliphatic heterocycles. The van der Waals surface area contributed by atoms with Crippen molar-refractivity contribution in [2.24, 2.45) is 0 Å². The minimum atomic E-state index is 0.731. The maximum Gasteiger partial charge on any atom is 0.109 e. The number of H-pyrrole nitrogens is 1. The Morgan fingerprint density at radius 1 is 1.40 bits per heavy atom. The van der Waals surface area contributed by atoms with Crippen LogP contribution in [0.3, 0.4) is 0 Å². The first-order valence-corrected chi connectivity index (χ1v) is 5.32. The molecule has 0 bridgehead atoms. The van der Waals surface area contributed by atoms with Gasteiger partial charge in [-0.25, -0.2) is 4.98 Å². The first-order chi connectivity index (χ1) is 7.29. The van der Waals surface area contributed by atoms with Gasteiger partial charge in [0.1, 0.15) is 5.82 Å². The lowest BCUT2D eigenvalue weighted by Gasteiger charge is -1.96. The summed E-state index contributed by atoms with van der Waals surface area (Å²) in [4.78, 5) is 7.79. The molecule has 0 aliphatic carbocycles. The maximum absolute atomic E-state index is 5.30. The molecule has 0 unspecified atom stereocenters. The molecule has 0 saturated heterocycles. The minimum Gasteiger partial charge on any atom is -0.381 e. The van der Waals surface area contributed by atoms with Gasteiger partial charge in [-0.05, 0) is 31.5 Å². The van der Waals surface area contributed by atoms with Crippen molar-refractivity contribution in [2.45, 2.75) is 20.3 Å². The number of nitrogens with one attached hydrogen (secondary N) is 1. The highest BCUT2D eigenvalue weighted by molar-refractivity contribution is 5.75.